The van der Waals surface area contributed by atoms with Crippen molar-refractivity contribution in [1.29, 1.82) is 0 Å². The van der Waals surface area contributed by atoms with Gasteiger partial charge in [-0.25, -0.2) is 19.1 Å². The summed E-state index contributed by atoms with van der Waals surface area (Å²) in [6.45, 7) is 0. The molecule has 0 radical (unpaired) electrons. The minimum Gasteiger partial charge on any atom is -0.508 e. The van der Waals surface area contributed by atoms with Crippen LogP contribution in [0.5, 0.6) is 11.5 Å². The second kappa shape index (κ2) is 15.7. The first-order valence-corrected chi connectivity index (χ1v) is 21.2. The van der Waals surface area contributed by atoms with E-state index in [2.05, 4.69) is 167 Å². The summed E-state index contributed by atoms with van der Waals surface area (Å²) in [6.07, 6.45) is 12.4. The van der Waals surface area contributed by atoms with E-state index < -0.39 is 0 Å². The van der Waals surface area contributed by atoms with Gasteiger partial charge in [0.1, 0.15) is 25.6 Å². The molecule has 0 saturated carbocycles. The number of phenolic OH excluding ortho intramolecular Hbond substituents is 2. The number of aromatic amines is 2. The summed E-state index contributed by atoms with van der Waals surface area (Å²) in [5.74, 6) is 0.370. The lowest BCUT2D eigenvalue weighted by molar-refractivity contribution is -0.660. The van der Waals surface area contributed by atoms with Crippen LogP contribution in [0.25, 0.3) is 113 Å². The van der Waals surface area contributed by atoms with E-state index in [-0.39, 0.29) is 11.5 Å². The Morgan fingerprint density at radius 2 is 0.625 bits per heavy atom. The molecule has 0 fully saturated rings. The van der Waals surface area contributed by atoms with Gasteiger partial charge in [-0.3, -0.25) is 0 Å². The Balaban J connectivity index is 1.23. The maximum absolute atomic E-state index is 10.3. The van der Waals surface area contributed by atoms with E-state index in [0.29, 0.717) is 0 Å². The number of aromatic hydroxyl groups is 2. The minimum atomic E-state index is 0.185. The number of nitrogens with one attached hydrogen (secondary N) is 2. The second-order valence-electron chi connectivity index (χ2n) is 16.1. The number of fused-ring (bicyclic) bond motifs is 8. The molecule has 306 valence electrons. The monoisotopic (exact) mass is 830 g/mol. The summed E-state index contributed by atoms with van der Waals surface area (Å²) < 4.78 is 4.25. The van der Waals surface area contributed by atoms with Crippen LogP contribution in [-0.4, -0.2) is 30.1 Å². The first-order valence-electron chi connectivity index (χ1n) is 21.2. The maximum atomic E-state index is 10.3. The molecule has 4 N–H and O–H groups in total. The molecule has 0 saturated heterocycles. The molecule has 4 aromatic carbocycles. The van der Waals surface area contributed by atoms with Gasteiger partial charge < -0.3 is 20.2 Å². The van der Waals surface area contributed by atoms with Gasteiger partial charge in [-0.2, -0.15) is 0 Å². The Morgan fingerprint density at radius 1 is 0.344 bits per heavy atom. The first-order chi connectivity index (χ1) is 31.3. The molecule has 0 spiro atoms. The average molecular weight is 831 g/mol. The first kappa shape index (κ1) is 38.3. The van der Waals surface area contributed by atoms with Gasteiger partial charge in [0.15, 0.2) is 12.4 Å². The van der Waals surface area contributed by atoms with Crippen molar-refractivity contribution in [3.63, 3.8) is 0 Å². The fourth-order valence-electron chi connectivity index (χ4n) is 8.94. The molecule has 0 aliphatic carbocycles. The van der Waals surface area contributed by atoms with Crippen molar-refractivity contribution in [1.82, 2.24) is 19.9 Å². The van der Waals surface area contributed by atoms with Crippen LogP contribution in [-0.2, 0) is 14.1 Å². The highest BCUT2D eigenvalue weighted by Crippen LogP contribution is 2.39. The largest absolute Gasteiger partial charge is 0.508 e. The van der Waals surface area contributed by atoms with E-state index in [1.54, 1.807) is 24.3 Å². The number of phenols is 2. The van der Waals surface area contributed by atoms with Gasteiger partial charge in [-0.05, 0) is 131 Å². The Hall–Kier alpha value is -8.62. The second-order valence-corrected chi connectivity index (χ2v) is 16.1. The third kappa shape index (κ3) is 6.93. The van der Waals surface area contributed by atoms with Gasteiger partial charge >= 0.3 is 0 Å². The number of rotatable bonds is 6. The van der Waals surface area contributed by atoms with Crippen molar-refractivity contribution < 1.29 is 19.3 Å². The van der Waals surface area contributed by atoms with Crippen LogP contribution < -0.4 is 9.13 Å². The fraction of sp³-hybridized carbons (Fsp3) is 0.0357. The van der Waals surface area contributed by atoms with Crippen LogP contribution in [0.15, 0.2) is 170 Å². The third-order valence-corrected chi connectivity index (χ3v) is 12.1. The molecule has 9 aromatic rings. The Kier molecular flexibility index (Phi) is 9.39. The van der Waals surface area contributed by atoms with Crippen LogP contribution in [0, 0.1) is 0 Å². The normalized spacial score (nSPS) is 11.9. The number of hydrogen-bond acceptors (Lipinski definition) is 4. The lowest BCUT2D eigenvalue weighted by Crippen LogP contribution is -2.29. The summed E-state index contributed by atoms with van der Waals surface area (Å²) in [7, 11) is 4.12. The molecular weight excluding hydrogens is 789 g/mol. The van der Waals surface area contributed by atoms with Crippen molar-refractivity contribution in [2.24, 2.45) is 14.1 Å². The molecule has 11 rings (SSSR count). The van der Waals surface area contributed by atoms with Crippen LogP contribution in [0.1, 0.15) is 22.8 Å². The summed E-state index contributed by atoms with van der Waals surface area (Å²) in [6, 6.07) is 52.7. The zero-order valence-corrected chi connectivity index (χ0v) is 35.2. The van der Waals surface area contributed by atoms with Gasteiger partial charge in [-0.1, -0.05) is 48.5 Å². The topological polar surface area (TPSA) is 106 Å². The third-order valence-electron chi connectivity index (χ3n) is 12.1. The number of H-pyrrole nitrogens is 2. The van der Waals surface area contributed by atoms with E-state index in [4.69, 9.17) is 9.97 Å². The van der Waals surface area contributed by atoms with Gasteiger partial charge in [0.25, 0.3) is 0 Å². The van der Waals surface area contributed by atoms with Gasteiger partial charge in [0, 0.05) is 79.7 Å². The molecule has 0 amide bonds. The molecule has 0 atom stereocenters. The van der Waals surface area contributed by atoms with Crippen LogP contribution in [0.4, 0.5) is 0 Å². The van der Waals surface area contributed by atoms with Gasteiger partial charge in [0.05, 0.1) is 22.8 Å². The van der Waals surface area contributed by atoms with E-state index >= 15 is 0 Å². The number of aryl methyl sites for hydroxylation is 2. The van der Waals surface area contributed by atoms with E-state index in [1.165, 1.54) is 0 Å². The molecular formula is C56H42N6O2+2. The smallest absolute Gasteiger partial charge is 0.212 e. The number of hydrogen-bond donors (Lipinski definition) is 4. The highest BCUT2D eigenvalue weighted by Gasteiger charge is 2.20. The van der Waals surface area contributed by atoms with Crippen LogP contribution in [0.3, 0.4) is 0 Å². The highest BCUT2D eigenvalue weighted by atomic mass is 16.3. The van der Waals surface area contributed by atoms with Crippen molar-refractivity contribution >= 4 is 46.4 Å². The predicted molar refractivity (Wildman–Crippen MR) is 257 cm³/mol. The summed E-state index contributed by atoms with van der Waals surface area (Å²) in [5, 5.41) is 20.7. The Bertz CT molecular complexity index is 3280. The number of nitrogens with zero attached hydrogens (tertiary/aromatic N) is 4. The molecule has 8 bridgehead atoms. The van der Waals surface area contributed by atoms with E-state index in [9.17, 15) is 10.2 Å². The minimum absolute atomic E-state index is 0.185. The zero-order valence-electron chi connectivity index (χ0n) is 35.2. The van der Waals surface area contributed by atoms with Gasteiger partial charge in [-0.15, -0.1) is 0 Å². The van der Waals surface area contributed by atoms with E-state index in [0.717, 1.165) is 112 Å². The summed E-state index contributed by atoms with van der Waals surface area (Å²) >= 11 is 0. The molecule has 2 aliphatic heterocycles. The van der Waals surface area contributed by atoms with Crippen molar-refractivity contribution in [3.8, 4) is 78.5 Å². The molecule has 8 nitrogen and oxygen atoms in total. The van der Waals surface area contributed by atoms with E-state index in [1.807, 2.05) is 36.4 Å². The lowest BCUT2D eigenvalue weighted by Gasteiger charge is -2.08. The number of benzene rings is 4. The molecule has 7 heterocycles. The lowest BCUT2D eigenvalue weighted by atomic mass is 10.0. The molecule has 64 heavy (non-hydrogen) atoms. The summed E-state index contributed by atoms with van der Waals surface area (Å²) in [5.41, 5.74) is 18.6. The zero-order chi connectivity index (χ0) is 43.3. The standard InChI is InChI=1S/C56H40N6O2/c1-61-33-5-3-7-51(61)35-9-13-37(14-10-35)53-43-25-26-44(57-43)54(38-15-11-36(12-16-38)52-8-4-6-34-62(52)2)46-28-30-48(59-46)56(40-19-23-42(64)24-20-40)50-32-31-49(60-50)55(47-29-27-45(53)58-47)39-17-21-41(63)22-18-39/h3-34H,1-2H3,(H2-,57,58,59,60,63,64)/p+2. The average Bonchev–Trinajstić information content (AvgIpc) is 4.17. The molecule has 8 heteroatoms. The maximum Gasteiger partial charge on any atom is 0.212 e. The fourth-order valence-corrected chi connectivity index (χ4v) is 8.94. The van der Waals surface area contributed by atoms with Crippen molar-refractivity contribution in [3.05, 3.63) is 193 Å². The van der Waals surface area contributed by atoms with Crippen molar-refractivity contribution in [2.45, 2.75) is 0 Å². The molecule has 2 aliphatic rings. The predicted octanol–water partition coefficient (Wildman–Crippen LogP) is 11.7. The molecule has 0 unspecified atom stereocenters. The number of pyridine rings is 2. The number of aromatic nitrogens is 6. The van der Waals surface area contributed by atoms with Crippen LogP contribution >= 0.6 is 0 Å². The quantitative estimate of drug-likeness (QED) is 0.125. The molecule has 5 aromatic heterocycles. The van der Waals surface area contributed by atoms with Crippen molar-refractivity contribution in [2.75, 3.05) is 0 Å². The Morgan fingerprint density at radius 3 is 0.922 bits per heavy atom. The summed E-state index contributed by atoms with van der Waals surface area (Å²) in [4.78, 5) is 18.5. The van der Waals surface area contributed by atoms with Gasteiger partial charge in [0.2, 0.25) is 11.4 Å². The SMILES string of the molecule is C[n+]1ccccc1-c1ccc(-c2c3nc(c(-c4ccc(O)cc4)c4ccc([nH]4)c(-c4ccc(O)cc4)c4nc(c(-c5ccc(-c6cccc[n+]6C)cc5)c5ccc2[nH]5)C=C4)C=C3)cc1. The highest BCUT2D eigenvalue weighted by molar-refractivity contribution is 6.00. The van der Waals surface area contributed by atoms with Crippen LogP contribution in [0.2, 0.25) is 0 Å². The Labute approximate surface area is 369 Å².